The van der Waals surface area contributed by atoms with E-state index in [1.807, 2.05) is 0 Å². The molecular weight excluding hydrogens is 178 g/mol. The minimum absolute atomic E-state index is 0.0925. The molecule has 72 valence electrons. The molecule has 1 rings (SSSR count). The van der Waals surface area contributed by atoms with Crippen molar-refractivity contribution in [1.82, 2.24) is 0 Å². The molecule has 2 N–H and O–H groups in total. The highest BCUT2D eigenvalue weighted by molar-refractivity contribution is 7.91. The van der Waals surface area contributed by atoms with E-state index in [0.29, 0.717) is 13.0 Å². The van der Waals surface area contributed by atoms with Crippen molar-refractivity contribution >= 4 is 9.84 Å². The molecule has 0 aromatic heterocycles. The van der Waals surface area contributed by atoms with Crippen LogP contribution >= 0.6 is 0 Å². The van der Waals surface area contributed by atoms with Crippen molar-refractivity contribution < 1.29 is 13.2 Å². The third kappa shape index (κ3) is 2.43. The minimum Gasteiger partial charge on any atom is -0.383 e. The van der Waals surface area contributed by atoms with Crippen molar-refractivity contribution in [3.05, 3.63) is 0 Å². The monoisotopic (exact) mass is 193 g/mol. The lowest BCUT2D eigenvalue weighted by atomic mass is 10.0. The second kappa shape index (κ2) is 3.72. The van der Waals surface area contributed by atoms with Crippen LogP contribution in [0.1, 0.15) is 6.42 Å². The van der Waals surface area contributed by atoms with Crippen LogP contribution < -0.4 is 5.73 Å². The van der Waals surface area contributed by atoms with Gasteiger partial charge in [0.05, 0.1) is 18.1 Å². The van der Waals surface area contributed by atoms with Gasteiger partial charge in [-0.2, -0.15) is 0 Å². The summed E-state index contributed by atoms with van der Waals surface area (Å²) in [5.41, 5.74) is 5.72. The molecule has 5 heteroatoms. The fraction of sp³-hybridized carbons (Fsp3) is 1.00. The number of sulfone groups is 1. The van der Waals surface area contributed by atoms with Gasteiger partial charge in [-0.15, -0.1) is 0 Å². The van der Waals surface area contributed by atoms with Gasteiger partial charge in [0.2, 0.25) is 0 Å². The average molecular weight is 193 g/mol. The van der Waals surface area contributed by atoms with E-state index in [9.17, 15) is 8.42 Å². The smallest absolute Gasteiger partial charge is 0.150 e. The molecule has 0 radical (unpaired) electrons. The third-order valence-electron chi connectivity index (χ3n) is 2.23. The maximum atomic E-state index is 11.1. The fourth-order valence-corrected chi connectivity index (χ4v) is 3.38. The summed E-state index contributed by atoms with van der Waals surface area (Å²) in [7, 11) is -1.22. The topological polar surface area (TPSA) is 69.4 Å². The van der Waals surface area contributed by atoms with Crippen LogP contribution in [0.25, 0.3) is 0 Å². The number of hydrogen-bond acceptors (Lipinski definition) is 4. The van der Waals surface area contributed by atoms with E-state index in [1.54, 1.807) is 7.11 Å². The van der Waals surface area contributed by atoms with E-state index in [0.717, 1.165) is 0 Å². The van der Waals surface area contributed by atoms with Gasteiger partial charge in [-0.25, -0.2) is 8.42 Å². The molecular formula is C7H15NO3S. The zero-order valence-electron chi connectivity index (χ0n) is 7.19. The van der Waals surface area contributed by atoms with Crippen LogP contribution in [0.2, 0.25) is 0 Å². The predicted octanol–water partition coefficient (Wildman–Crippen LogP) is -0.605. The van der Waals surface area contributed by atoms with Crippen LogP contribution in [0.3, 0.4) is 0 Å². The Kier molecular flexibility index (Phi) is 3.09. The summed E-state index contributed by atoms with van der Waals surface area (Å²) >= 11 is 0. The second-order valence-electron chi connectivity index (χ2n) is 3.28. The van der Waals surface area contributed by atoms with Gasteiger partial charge in [0.15, 0.2) is 9.84 Å². The summed E-state index contributed by atoms with van der Waals surface area (Å²) in [6.45, 7) is 0.445. The summed E-state index contributed by atoms with van der Waals surface area (Å²) in [6, 6.07) is -0.132. The van der Waals surface area contributed by atoms with E-state index >= 15 is 0 Å². The quantitative estimate of drug-likeness (QED) is 0.649. The maximum absolute atomic E-state index is 11.1. The number of methoxy groups -OCH3 is 1. The highest BCUT2D eigenvalue weighted by atomic mass is 32.2. The van der Waals surface area contributed by atoms with Gasteiger partial charge < -0.3 is 10.5 Å². The van der Waals surface area contributed by atoms with Crippen molar-refractivity contribution in [3.8, 4) is 0 Å². The van der Waals surface area contributed by atoms with E-state index in [4.69, 9.17) is 10.5 Å². The van der Waals surface area contributed by atoms with Crippen LogP contribution in [-0.2, 0) is 14.6 Å². The SMILES string of the molecule is COCC(N)C1CCS(=O)(=O)C1. The summed E-state index contributed by atoms with van der Waals surface area (Å²) < 4.78 is 27.0. The summed E-state index contributed by atoms with van der Waals surface area (Å²) in [5.74, 6) is 0.613. The standard InChI is InChI=1S/C7H15NO3S/c1-11-4-7(8)6-2-3-12(9,10)5-6/h6-7H,2-5,8H2,1H3. The summed E-state index contributed by atoms with van der Waals surface area (Å²) in [4.78, 5) is 0. The molecule has 0 bridgehead atoms. The molecule has 0 spiro atoms. The molecule has 4 nitrogen and oxygen atoms in total. The van der Waals surface area contributed by atoms with E-state index < -0.39 is 9.84 Å². The van der Waals surface area contributed by atoms with Crippen LogP contribution in [0.15, 0.2) is 0 Å². The molecule has 0 amide bonds. The first-order valence-corrected chi connectivity index (χ1v) is 5.82. The second-order valence-corrected chi connectivity index (χ2v) is 5.51. The predicted molar refractivity (Wildman–Crippen MR) is 46.6 cm³/mol. The Bertz CT molecular complexity index is 237. The lowest BCUT2D eigenvalue weighted by molar-refractivity contribution is 0.162. The third-order valence-corrected chi connectivity index (χ3v) is 4.03. The van der Waals surface area contributed by atoms with Crippen molar-refractivity contribution in [1.29, 1.82) is 0 Å². The van der Waals surface area contributed by atoms with Crippen molar-refractivity contribution in [2.45, 2.75) is 12.5 Å². The van der Waals surface area contributed by atoms with Gasteiger partial charge in [0, 0.05) is 13.2 Å². The summed E-state index contributed by atoms with van der Waals surface area (Å²) in [5, 5.41) is 0. The molecule has 0 aromatic carbocycles. The zero-order valence-corrected chi connectivity index (χ0v) is 8.01. The molecule has 1 heterocycles. The lowest BCUT2D eigenvalue weighted by Gasteiger charge is -2.15. The first kappa shape index (κ1) is 9.95. The minimum atomic E-state index is -2.79. The normalized spacial score (nSPS) is 30.3. The van der Waals surface area contributed by atoms with Crippen LogP contribution in [-0.4, -0.2) is 39.7 Å². The van der Waals surface area contributed by atoms with Crippen LogP contribution in [0.4, 0.5) is 0 Å². The van der Waals surface area contributed by atoms with Crippen molar-refractivity contribution in [2.24, 2.45) is 11.7 Å². The Hall–Kier alpha value is -0.130. The molecule has 2 unspecified atom stereocenters. The molecule has 1 aliphatic rings. The zero-order chi connectivity index (χ0) is 9.19. The first-order chi connectivity index (χ1) is 5.55. The van der Waals surface area contributed by atoms with Gasteiger partial charge in [-0.05, 0) is 12.3 Å². The maximum Gasteiger partial charge on any atom is 0.150 e. The Morgan fingerprint density at radius 2 is 2.33 bits per heavy atom. The molecule has 0 aliphatic carbocycles. The fourth-order valence-electron chi connectivity index (χ4n) is 1.49. The van der Waals surface area contributed by atoms with Gasteiger partial charge in [-0.3, -0.25) is 0 Å². The molecule has 2 atom stereocenters. The highest BCUT2D eigenvalue weighted by Gasteiger charge is 2.31. The number of ether oxygens (including phenoxy) is 1. The number of hydrogen-bond donors (Lipinski definition) is 1. The van der Waals surface area contributed by atoms with Gasteiger partial charge in [0.1, 0.15) is 0 Å². The van der Waals surface area contributed by atoms with Gasteiger partial charge in [-0.1, -0.05) is 0 Å². The first-order valence-electron chi connectivity index (χ1n) is 4.00. The number of nitrogens with two attached hydrogens (primary N) is 1. The molecule has 1 saturated heterocycles. The molecule has 1 aliphatic heterocycles. The van der Waals surface area contributed by atoms with Crippen molar-refractivity contribution in [3.63, 3.8) is 0 Å². The molecule has 0 aromatic rings. The Balaban J connectivity index is 2.46. The Morgan fingerprint density at radius 3 is 2.75 bits per heavy atom. The lowest BCUT2D eigenvalue weighted by Crippen LogP contribution is -2.35. The average Bonchev–Trinajstić information content (AvgIpc) is 2.31. The van der Waals surface area contributed by atoms with E-state index in [2.05, 4.69) is 0 Å². The van der Waals surface area contributed by atoms with Crippen LogP contribution in [0.5, 0.6) is 0 Å². The summed E-state index contributed by atoms with van der Waals surface area (Å²) in [6.07, 6.45) is 0.687. The Morgan fingerprint density at radius 1 is 1.67 bits per heavy atom. The largest absolute Gasteiger partial charge is 0.383 e. The van der Waals surface area contributed by atoms with E-state index in [-0.39, 0.29) is 23.5 Å². The van der Waals surface area contributed by atoms with Crippen LogP contribution in [0, 0.1) is 5.92 Å². The van der Waals surface area contributed by atoms with Gasteiger partial charge >= 0.3 is 0 Å². The van der Waals surface area contributed by atoms with Crippen molar-refractivity contribution in [2.75, 3.05) is 25.2 Å². The van der Waals surface area contributed by atoms with E-state index in [1.165, 1.54) is 0 Å². The molecule has 12 heavy (non-hydrogen) atoms. The Labute approximate surface area is 73.0 Å². The molecule has 1 fully saturated rings. The highest BCUT2D eigenvalue weighted by Crippen LogP contribution is 2.20. The molecule has 0 saturated carbocycles. The number of rotatable bonds is 3. The van der Waals surface area contributed by atoms with Gasteiger partial charge in [0.25, 0.3) is 0 Å².